The number of thiophene rings is 1. The minimum Gasteiger partial charge on any atom is -0.377 e. The summed E-state index contributed by atoms with van der Waals surface area (Å²) in [4.78, 5) is 19.0. The number of benzene rings is 1. The first kappa shape index (κ1) is 19.3. The van der Waals surface area contributed by atoms with E-state index in [1.165, 1.54) is 0 Å². The third kappa shape index (κ3) is 4.03. The molecule has 0 aliphatic heterocycles. The zero-order valence-electron chi connectivity index (χ0n) is 16.9. The summed E-state index contributed by atoms with van der Waals surface area (Å²) in [5.41, 5.74) is 3.33. The number of aromatic nitrogens is 5. The highest BCUT2D eigenvalue weighted by molar-refractivity contribution is 7.17. The molecule has 0 atom stereocenters. The molecule has 0 aliphatic rings. The number of pyridine rings is 1. The van der Waals surface area contributed by atoms with Gasteiger partial charge in [-0.05, 0) is 17.2 Å². The van der Waals surface area contributed by atoms with E-state index in [4.69, 9.17) is 9.72 Å². The van der Waals surface area contributed by atoms with Gasteiger partial charge in [0.1, 0.15) is 29.4 Å². The Morgan fingerprint density at radius 2 is 2.00 bits per heavy atom. The summed E-state index contributed by atoms with van der Waals surface area (Å²) in [5.74, 6) is 2.29. The van der Waals surface area contributed by atoms with E-state index in [2.05, 4.69) is 43.8 Å². The fourth-order valence-electron chi connectivity index (χ4n) is 3.39. The van der Waals surface area contributed by atoms with Crippen molar-refractivity contribution in [1.29, 1.82) is 0 Å². The van der Waals surface area contributed by atoms with Gasteiger partial charge in [-0.15, -0.1) is 11.3 Å². The Balaban J connectivity index is 1.47. The third-order valence-corrected chi connectivity index (χ3v) is 5.75. The molecular formula is C23H20N6OS. The highest BCUT2D eigenvalue weighted by Gasteiger charge is 2.15. The molecule has 0 aliphatic carbocycles. The number of methoxy groups -OCH3 is 1. The largest absolute Gasteiger partial charge is 0.377 e. The average molecular weight is 429 g/mol. The van der Waals surface area contributed by atoms with Crippen molar-refractivity contribution in [3.8, 4) is 16.9 Å². The molecule has 1 N–H and O–H groups in total. The van der Waals surface area contributed by atoms with Crippen LogP contribution in [-0.4, -0.2) is 31.6 Å². The zero-order chi connectivity index (χ0) is 21.0. The normalized spacial score (nSPS) is 11.1. The summed E-state index contributed by atoms with van der Waals surface area (Å²) in [6.07, 6.45) is 7.20. The maximum Gasteiger partial charge on any atom is 0.158 e. The SMILES string of the molecule is COCc1nc(NCc2ccc(-n3ccnc3)nc2)c2c(-c3ccccc3)csc2n1. The van der Waals surface area contributed by atoms with Gasteiger partial charge in [0.15, 0.2) is 5.82 Å². The molecule has 0 saturated carbocycles. The van der Waals surface area contributed by atoms with Crippen LogP contribution in [0.4, 0.5) is 5.82 Å². The van der Waals surface area contributed by atoms with E-state index in [1.807, 2.05) is 41.2 Å². The molecule has 7 nitrogen and oxygen atoms in total. The van der Waals surface area contributed by atoms with Crippen LogP contribution in [0.25, 0.3) is 27.2 Å². The predicted molar refractivity (Wildman–Crippen MR) is 122 cm³/mol. The smallest absolute Gasteiger partial charge is 0.158 e. The molecule has 0 radical (unpaired) electrons. The lowest BCUT2D eigenvalue weighted by atomic mass is 10.1. The van der Waals surface area contributed by atoms with Crippen molar-refractivity contribution in [1.82, 2.24) is 24.5 Å². The van der Waals surface area contributed by atoms with Crippen molar-refractivity contribution >= 4 is 27.4 Å². The Morgan fingerprint density at radius 1 is 1.10 bits per heavy atom. The molecule has 0 bridgehead atoms. The third-order valence-electron chi connectivity index (χ3n) is 4.88. The maximum atomic E-state index is 5.27. The molecule has 0 unspecified atom stereocenters. The Kier molecular flexibility index (Phi) is 5.39. The van der Waals surface area contributed by atoms with Gasteiger partial charge in [-0.25, -0.2) is 19.9 Å². The lowest BCUT2D eigenvalue weighted by Crippen LogP contribution is -2.06. The van der Waals surface area contributed by atoms with Crippen LogP contribution >= 0.6 is 11.3 Å². The zero-order valence-corrected chi connectivity index (χ0v) is 17.7. The minimum absolute atomic E-state index is 0.365. The number of ether oxygens (including phenoxy) is 1. The lowest BCUT2D eigenvalue weighted by Gasteiger charge is -2.11. The Bertz CT molecular complexity index is 1280. The molecule has 8 heteroatoms. The predicted octanol–water partition coefficient (Wildman–Crippen LogP) is 4.70. The van der Waals surface area contributed by atoms with E-state index in [9.17, 15) is 0 Å². The van der Waals surface area contributed by atoms with Gasteiger partial charge < -0.3 is 10.1 Å². The average Bonchev–Trinajstić information content (AvgIpc) is 3.49. The van der Waals surface area contributed by atoms with Crippen LogP contribution in [0.2, 0.25) is 0 Å². The van der Waals surface area contributed by atoms with E-state index in [0.29, 0.717) is 19.0 Å². The van der Waals surface area contributed by atoms with E-state index in [0.717, 1.165) is 38.5 Å². The standard InChI is InChI=1S/C23H20N6OS/c1-30-13-19-27-22(21-18(14-31-23(21)28-19)17-5-3-2-4-6-17)26-12-16-7-8-20(25-11-16)29-10-9-24-15-29/h2-11,14-15H,12-13H2,1H3,(H,26,27,28). The topological polar surface area (TPSA) is 77.8 Å². The highest BCUT2D eigenvalue weighted by atomic mass is 32.1. The summed E-state index contributed by atoms with van der Waals surface area (Å²) in [6, 6.07) is 14.3. The quantitative estimate of drug-likeness (QED) is 0.405. The van der Waals surface area contributed by atoms with Crippen LogP contribution in [0.1, 0.15) is 11.4 Å². The molecule has 0 spiro atoms. The first-order chi connectivity index (χ1) is 15.3. The second-order valence-electron chi connectivity index (χ2n) is 6.97. The van der Waals surface area contributed by atoms with Crippen LogP contribution < -0.4 is 5.32 Å². The molecule has 1 aromatic carbocycles. The maximum absolute atomic E-state index is 5.27. The summed E-state index contributed by atoms with van der Waals surface area (Å²) >= 11 is 1.62. The molecule has 0 fully saturated rings. The summed E-state index contributed by atoms with van der Waals surface area (Å²) in [6.45, 7) is 0.962. The second kappa shape index (κ2) is 8.63. The Hall–Kier alpha value is -3.62. The van der Waals surface area contributed by atoms with E-state index >= 15 is 0 Å². The van der Waals surface area contributed by atoms with Crippen LogP contribution in [0.15, 0.2) is 72.8 Å². The number of hydrogen-bond donors (Lipinski definition) is 1. The van der Waals surface area contributed by atoms with Gasteiger partial charge in [0.05, 0.1) is 5.39 Å². The number of anilines is 1. The fraction of sp³-hybridized carbons (Fsp3) is 0.130. The molecule has 0 saturated heterocycles. The first-order valence-corrected chi connectivity index (χ1v) is 10.7. The van der Waals surface area contributed by atoms with Gasteiger partial charge in [-0.2, -0.15) is 0 Å². The number of hydrogen-bond acceptors (Lipinski definition) is 7. The number of nitrogens with zero attached hydrogens (tertiary/aromatic N) is 5. The van der Waals surface area contributed by atoms with Gasteiger partial charge in [0.2, 0.25) is 0 Å². The Labute approximate surface area is 183 Å². The monoisotopic (exact) mass is 428 g/mol. The lowest BCUT2D eigenvalue weighted by molar-refractivity contribution is 0.178. The molecule has 154 valence electrons. The Morgan fingerprint density at radius 3 is 2.74 bits per heavy atom. The molecule has 5 aromatic rings. The van der Waals surface area contributed by atoms with Crippen molar-refractivity contribution in [3.63, 3.8) is 0 Å². The number of rotatable bonds is 7. The molecule has 0 amide bonds. The summed E-state index contributed by atoms with van der Waals surface area (Å²) in [7, 11) is 1.65. The summed E-state index contributed by atoms with van der Waals surface area (Å²) < 4.78 is 7.14. The fourth-order valence-corrected chi connectivity index (χ4v) is 4.36. The number of imidazole rings is 1. The van der Waals surface area contributed by atoms with Crippen LogP contribution in [0, 0.1) is 0 Å². The van der Waals surface area contributed by atoms with Gasteiger partial charge in [-0.3, -0.25) is 4.57 Å². The van der Waals surface area contributed by atoms with Crippen molar-refractivity contribution in [2.24, 2.45) is 0 Å². The summed E-state index contributed by atoms with van der Waals surface area (Å²) in [5, 5.41) is 6.66. The molecule has 31 heavy (non-hydrogen) atoms. The number of nitrogens with one attached hydrogen (secondary N) is 1. The van der Waals surface area contributed by atoms with Gasteiger partial charge in [0.25, 0.3) is 0 Å². The van der Waals surface area contributed by atoms with E-state index in [-0.39, 0.29) is 0 Å². The van der Waals surface area contributed by atoms with Crippen LogP contribution in [-0.2, 0) is 17.9 Å². The van der Waals surface area contributed by atoms with Crippen LogP contribution in [0.3, 0.4) is 0 Å². The van der Waals surface area contributed by atoms with Crippen LogP contribution in [0.5, 0.6) is 0 Å². The molecule has 5 rings (SSSR count). The van der Waals surface area contributed by atoms with E-state index in [1.54, 1.807) is 31.0 Å². The van der Waals surface area contributed by atoms with Crippen molar-refractivity contribution < 1.29 is 4.74 Å². The molecule has 4 heterocycles. The molecule has 4 aromatic heterocycles. The van der Waals surface area contributed by atoms with Crippen molar-refractivity contribution in [2.75, 3.05) is 12.4 Å². The van der Waals surface area contributed by atoms with Crippen molar-refractivity contribution in [2.45, 2.75) is 13.2 Å². The highest BCUT2D eigenvalue weighted by Crippen LogP contribution is 2.37. The number of fused-ring (bicyclic) bond motifs is 1. The van der Waals surface area contributed by atoms with E-state index < -0.39 is 0 Å². The minimum atomic E-state index is 0.365. The van der Waals surface area contributed by atoms with Crippen molar-refractivity contribution in [3.05, 3.63) is 84.2 Å². The second-order valence-corrected chi connectivity index (χ2v) is 7.82. The van der Waals surface area contributed by atoms with Gasteiger partial charge >= 0.3 is 0 Å². The first-order valence-electron chi connectivity index (χ1n) is 9.81. The molecular weight excluding hydrogens is 408 g/mol. The van der Waals surface area contributed by atoms with Gasteiger partial charge in [-0.1, -0.05) is 36.4 Å². The van der Waals surface area contributed by atoms with Gasteiger partial charge in [0, 0.05) is 43.2 Å².